The number of halogens is 2. The Balaban J connectivity index is 1.48. The van der Waals surface area contributed by atoms with Gasteiger partial charge in [-0.2, -0.15) is 13.8 Å². The maximum absolute atomic E-state index is 12.5. The number of ether oxygens (including phenoxy) is 2. The van der Waals surface area contributed by atoms with Gasteiger partial charge in [0.05, 0.1) is 25.0 Å². The van der Waals surface area contributed by atoms with Crippen molar-refractivity contribution in [3.05, 3.63) is 78.7 Å². The van der Waals surface area contributed by atoms with Crippen LogP contribution in [-0.2, 0) is 6.54 Å². The number of aromatic nitrogens is 2. The van der Waals surface area contributed by atoms with Crippen LogP contribution in [0.5, 0.6) is 11.5 Å². The first kappa shape index (κ1) is 22.1. The lowest BCUT2D eigenvalue weighted by Gasteiger charge is -2.22. The zero-order valence-corrected chi connectivity index (χ0v) is 18.0. The fourth-order valence-electron chi connectivity index (χ4n) is 3.32. The molecule has 9 heteroatoms. The van der Waals surface area contributed by atoms with E-state index in [2.05, 4.69) is 25.1 Å². The number of hydrogen-bond acceptors (Lipinski definition) is 7. The second-order valence-electron chi connectivity index (χ2n) is 7.02. The Morgan fingerprint density at radius 3 is 2.52 bits per heavy atom. The Morgan fingerprint density at radius 1 is 1.00 bits per heavy atom. The highest BCUT2D eigenvalue weighted by Crippen LogP contribution is 2.33. The lowest BCUT2D eigenvalue weighted by molar-refractivity contribution is -0.0512. The highest BCUT2D eigenvalue weighted by Gasteiger charge is 2.15. The normalized spacial score (nSPS) is 10.8. The van der Waals surface area contributed by atoms with Gasteiger partial charge < -0.3 is 24.2 Å². The van der Waals surface area contributed by atoms with E-state index < -0.39 is 6.61 Å². The Morgan fingerprint density at radius 2 is 1.76 bits per heavy atom. The molecule has 3 aromatic carbocycles. The van der Waals surface area contributed by atoms with Gasteiger partial charge in [0.1, 0.15) is 0 Å². The van der Waals surface area contributed by atoms with E-state index >= 15 is 0 Å². The van der Waals surface area contributed by atoms with E-state index in [1.54, 1.807) is 6.07 Å². The van der Waals surface area contributed by atoms with Crippen LogP contribution in [0, 0.1) is 0 Å². The van der Waals surface area contributed by atoms with Crippen LogP contribution in [0.25, 0.3) is 11.4 Å². The summed E-state index contributed by atoms with van der Waals surface area (Å²) in [5, 5.41) is 7.32. The molecule has 1 N–H and O–H groups in total. The van der Waals surface area contributed by atoms with Crippen molar-refractivity contribution >= 4 is 17.1 Å². The van der Waals surface area contributed by atoms with Gasteiger partial charge in [-0.1, -0.05) is 35.5 Å². The van der Waals surface area contributed by atoms with Gasteiger partial charge in [0.15, 0.2) is 11.5 Å². The van der Waals surface area contributed by atoms with Gasteiger partial charge in [-0.05, 0) is 42.5 Å². The van der Waals surface area contributed by atoms with Crippen molar-refractivity contribution in [3.8, 4) is 22.9 Å². The molecular weight excluding hydrogens is 430 g/mol. The molecule has 4 rings (SSSR count). The molecule has 1 aromatic heterocycles. The first-order valence-corrected chi connectivity index (χ1v) is 10.1. The zero-order valence-electron chi connectivity index (χ0n) is 18.0. The van der Waals surface area contributed by atoms with Gasteiger partial charge >= 0.3 is 6.61 Å². The van der Waals surface area contributed by atoms with Crippen molar-refractivity contribution in [2.75, 3.05) is 24.4 Å². The van der Waals surface area contributed by atoms with Crippen LogP contribution in [0.1, 0.15) is 5.89 Å². The Kier molecular flexibility index (Phi) is 6.68. The number of methoxy groups -OCH3 is 1. The number of benzene rings is 3. The van der Waals surface area contributed by atoms with E-state index in [9.17, 15) is 8.78 Å². The summed E-state index contributed by atoms with van der Waals surface area (Å²) in [7, 11) is 3.36. The summed E-state index contributed by atoms with van der Waals surface area (Å²) in [6, 6.07) is 22.4. The van der Waals surface area contributed by atoms with E-state index in [1.165, 1.54) is 19.2 Å². The highest BCUT2D eigenvalue weighted by atomic mass is 19.3. The second-order valence-corrected chi connectivity index (χ2v) is 7.02. The molecule has 0 aliphatic rings. The third kappa shape index (κ3) is 5.20. The molecule has 1 heterocycles. The summed E-state index contributed by atoms with van der Waals surface area (Å²) >= 11 is 0. The Labute approximate surface area is 189 Å². The molecule has 0 bridgehead atoms. The molecule has 170 valence electrons. The second kappa shape index (κ2) is 9.99. The number of nitrogens with zero attached hydrogens (tertiary/aromatic N) is 3. The van der Waals surface area contributed by atoms with Crippen LogP contribution >= 0.6 is 0 Å². The van der Waals surface area contributed by atoms with Crippen LogP contribution in [0.3, 0.4) is 0 Å². The minimum Gasteiger partial charge on any atom is -0.493 e. The molecule has 4 aromatic rings. The summed E-state index contributed by atoms with van der Waals surface area (Å²) in [5.41, 5.74) is 3.49. The van der Waals surface area contributed by atoms with Gasteiger partial charge in [-0.15, -0.1) is 0 Å². The van der Waals surface area contributed by atoms with E-state index in [4.69, 9.17) is 9.26 Å². The molecule has 0 amide bonds. The summed E-state index contributed by atoms with van der Waals surface area (Å²) in [6.45, 7) is -2.65. The molecule has 0 unspecified atom stereocenters. The zero-order chi connectivity index (χ0) is 23.2. The SMILES string of the molecule is COc1cc(-c2noc(CNc3ccccc3N(C)c3ccccc3)n2)ccc1OC(F)F. The number of nitrogens with one attached hydrogen (secondary N) is 1. The van der Waals surface area contributed by atoms with Gasteiger partial charge in [0.2, 0.25) is 11.7 Å². The summed E-state index contributed by atoms with van der Waals surface area (Å²) < 4.78 is 40.0. The first-order chi connectivity index (χ1) is 16.0. The highest BCUT2D eigenvalue weighted by molar-refractivity contribution is 5.76. The molecule has 0 radical (unpaired) electrons. The average Bonchev–Trinajstić information content (AvgIpc) is 3.32. The number of anilines is 3. The van der Waals surface area contributed by atoms with E-state index in [1.807, 2.05) is 61.6 Å². The number of hydrogen-bond donors (Lipinski definition) is 1. The van der Waals surface area contributed by atoms with Crippen molar-refractivity contribution in [2.24, 2.45) is 0 Å². The third-order valence-electron chi connectivity index (χ3n) is 4.94. The molecule has 7 nitrogen and oxygen atoms in total. The Bertz CT molecular complexity index is 1200. The molecule has 0 spiro atoms. The lowest BCUT2D eigenvalue weighted by atomic mass is 10.2. The summed E-state index contributed by atoms with van der Waals surface area (Å²) in [6.07, 6.45) is 0. The fourth-order valence-corrected chi connectivity index (χ4v) is 3.32. The topological polar surface area (TPSA) is 72.7 Å². The van der Waals surface area contributed by atoms with Crippen molar-refractivity contribution in [3.63, 3.8) is 0 Å². The molecule has 33 heavy (non-hydrogen) atoms. The fraction of sp³-hybridized carbons (Fsp3) is 0.167. The van der Waals surface area contributed by atoms with Crippen molar-refractivity contribution in [2.45, 2.75) is 13.2 Å². The maximum Gasteiger partial charge on any atom is 0.387 e. The minimum atomic E-state index is -2.95. The summed E-state index contributed by atoms with van der Waals surface area (Å²) in [4.78, 5) is 6.48. The van der Waals surface area contributed by atoms with Crippen molar-refractivity contribution in [1.82, 2.24) is 10.1 Å². The molecular formula is C24H22F2N4O3. The maximum atomic E-state index is 12.5. The molecule has 0 saturated carbocycles. The average molecular weight is 452 g/mol. The van der Waals surface area contributed by atoms with Crippen LogP contribution in [0.2, 0.25) is 0 Å². The van der Waals surface area contributed by atoms with Crippen LogP contribution in [0.15, 0.2) is 77.3 Å². The van der Waals surface area contributed by atoms with Crippen LogP contribution < -0.4 is 19.7 Å². The van der Waals surface area contributed by atoms with Gasteiger partial charge in [-0.3, -0.25) is 0 Å². The van der Waals surface area contributed by atoms with Gasteiger partial charge in [0, 0.05) is 18.3 Å². The van der Waals surface area contributed by atoms with Gasteiger partial charge in [-0.25, -0.2) is 0 Å². The number of para-hydroxylation sites is 3. The van der Waals surface area contributed by atoms with Gasteiger partial charge in [0.25, 0.3) is 0 Å². The largest absolute Gasteiger partial charge is 0.493 e. The summed E-state index contributed by atoms with van der Waals surface area (Å²) in [5.74, 6) is 0.758. The van der Waals surface area contributed by atoms with Crippen LogP contribution in [0.4, 0.5) is 25.8 Å². The number of alkyl halides is 2. The van der Waals surface area contributed by atoms with Crippen molar-refractivity contribution in [1.29, 1.82) is 0 Å². The lowest BCUT2D eigenvalue weighted by Crippen LogP contribution is -2.12. The molecule has 0 atom stereocenters. The smallest absolute Gasteiger partial charge is 0.387 e. The third-order valence-corrected chi connectivity index (χ3v) is 4.94. The minimum absolute atomic E-state index is 0.0687. The predicted octanol–water partition coefficient (Wildman–Crippen LogP) is 5.73. The monoisotopic (exact) mass is 452 g/mol. The standard InChI is InChI=1S/C24H22F2N4O3/c1-30(17-8-4-3-5-9-17)19-11-7-6-10-18(19)27-15-22-28-23(29-33-22)16-12-13-20(32-24(25)26)21(14-16)31-2/h3-14,24,27H,15H2,1-2H3. The van der Waals surface area contributed by atoms with E-state index in [-0.39, 0.29) is 11.5 Å². The van der Waals surface area contributed by atoms with E-state index in [0.717, 1.165) is 17.1 Å². The van der Waals surface area contributed by atoms with Crippen molar-refractivity contribution < 1.29 is 22.8 Å². The van der Waals surface area contributed by atoms with Crippen LogP contribution in [-0.4, -0.2) is 30.9 Å². The molecule has 0 aliphatic carbocycles. The van der Waals surface area contributed by atoms with E-state index in [0.29, 0.717) is 23.8 Å². The quantitative estimate of drug-likeness (QED) is 0.348. The molecule has 0 aliphatic heterocycles. The molecule has 0 fully saturated rings. The first-order valence-electron chi connectivity index (χ1n) is 10.1. The number of rotatable bonds is 9. The predicted molar refractivity (Wildman–Crippen MR) is 121 cm³/mol. The molecule has 0 saturated heterocycles. The Hall–Kier alpha value is -4.14.